The van der Waals surface area contributed by atoms with E-state index < -0.39 is 0 Å². The number of hydrogen-bond acceptors (Lipinski definition) is 2. The normalized spacial score (nSPS) is 10.5. The molecule has 3 heteroatoms. The van der Waals surface area contributed by atoms with Gasteiger partial charge in [0.2, 0.25) is 5.78 Å². The van der Waals surface area contributed by atoms with Crippen LogP contribution in [0.5, 0.6) is 0 Å². The molecule has 0 saturated heterocycles. The minimum atomic E-state index is -0.0181. The first-order chi connectivity index (χ1) is 8.22. The van der Waals surface area contributed by atoms with Gasteiger partial charge in [0.1, 0.15) is 0 Å². The molecule has 0 spiro atoms. The Morgan fingerprint density at radius 2 is 2.24 bits per heavy atom. The van der Waals surface area contributed by atoms with E-state index >= 15 is 0 Å². The summed E-state index contributed by atoms with van der Waals surface area (Å²) in [7, 11) is 1.83. The lowest BCUT2D eigenvalue weighted by Crippen LogP contribution is -2.08. The molecule has 0 amide bonds. The first-order valence-corrected chi connectivity index (χ1v) is 5.83. The topological polar surface area (TPSA) is 34.9 Å². The number of aryl methyl sites for hydroxylation is 2. The van der Waals surface area contributed by atoms with Crippen LogP contribution < -0.4 is 0 Å². The summed E-state index contributed by atoms with van der Waals surface area (Å²) in [6, 6.07) is 7.79. The maximum Gasteiger partial charge on any atom is 0.228 e. The lowest BCUT2D eigenvalue weighted by molar-refractivity contribution is 0.102. The van der Waals surface area contributed by atoms with E-state index in [0.29, 0.717) is 11.4 Å². The molecular weight excluding hydrogens is 212 g/mol. The molecule has 0 saturated carbocycles. The Morgan fingerprint density at radius 1 is 1.41 bits per heavy atom. The number of imidazole rings is 1. The third-order valence-electron chi connectivity index (χ3n) is 2.75. The summed E-state index contributed by atoms with van der Waals surface area (Å²) in [6.07, 6.45) is 5.51. The second-order valence-corrected chi connectivity index (χ2v) is 4.14. The van der Waals surface area contributed by atoms with E-state index in [1.165, 1.54) is 5.56 Å². The largest absolute Gasteiger partial charge is 0.331 e. The maximum absolute atomic E-state index is 12.2. The van der Waals surface area contributed by atoms with Crippen molar-refractivity contribution in [3.63, 3.8) is 0 Å². The molecule has 0 bridgehead atoms. The summed E-state index contributed by atoms with van der Waals surface area (Å²) in [5.74, 6) is 0.467. The standard InChI is InChI=1S/C14H16N2O/c1-3-5-11-6-4-7-12(10-11)13(17)14-15-8-9-16(14)2/h4,6-10H,3,5H2,1-2H3. The zero-order valence-electron chi connectivity index (χ0n) is 10.2. The van der Waals surface area contributed by atoms with Gasteiger partial charge in [-0.05, 0) is 18.1 Å². The molecule has 88 valence electrons. The number of aromatic nitrogens is 2. The molecule has 17 heavy (non-hydrogen) atoms. The summed E-state index contributed by atoms with van der Waals surface area (Å²) in [5.41, 5.74) is 1.91. The number of carbonyl (C=O) groups excluding carboxylic acids is 1. The van der Waals surface area contributed by atoms with Gasteiger partial charge in [0.05, 0.1) is 0 Å². The third-order valence-corrected chi connectivity index (χ3v) is 2.75. The van der Waals surface area contributed by atoms with Crippen LogP contribution in [0, 0.1) is 0 Å². The summed E-state index contributed by atoms with van der Waals surface area (Å²) < 4.78 is 1.74. The third kappa shape index (κ3) is 2.44. The molecule has 3 nitrogen and oxygen atoms in total. The molecule has 0 N–H and O–H groups in total. The zero-order chi connectivity index (χ0) is 12.3. The van der Waals surface area contributed by atoms with Crippen LogP contribution in [0.3, 0.4) is 0 Å². The van der Waals surface area contributed by atoms with Gasteiger partial charge in [0, 0.05) is 25.0 Å². The Labute approximate surface area is 101 Å². The molecule has 1 aromatic heterocycles. The number of nitrogens with zero attached hydrogens (tertiary/aromatic N) is 2. The fourth-order valence-corrected chi connectivity index (χ4v) is 1.87. The van der Waals surface area contributed by atoms with E-state index in [1.54, 1.807) is 17.0 Å². The quantitative estimate of drug-likeness (QED) is 0.754. The van der Waals surface area contributed by atoms with Crippen LogP contribution in [0.25, 0.3) is 0 Å². The van der Waals surface area contributed by atoms with Gasteiger partial charge in [-0.25, -0.2) is 4.98 Å². The van der Waals surface area contributed by atoms with E-state index in [2.05, 4.69) is 18.0 Å². The number of rotatable bonds is 4. The summed E-state index contributed by atoms with van der Waals surface area (Å²) in [4.78, 5) is 16.3. The highest BCUT2D eigenvalue weighted by Crippen LogP contribution is 2.11. The van der Waals surface area contributed by atoms with Gasteiger partial charge in [-0.3, -0.25) is 4.79 Å². The molecule has 2 aromatic rings. The van der Waals surface area contributed by atoms with Crippen molar-refractivity contribution in [2.75, 3.05) is 0 Å². The first kappa shape index (κ1) is 11.6. The number of ketones is 1. The van der Waals surface area contributed by atoms with E-state index in [-0.39, 0.29) is 5.78 Å². The van der Waals surface area contributed by atoms with Crippen LogP contribution in [0.1, 0.15) is 35.1 Å². The molecule has 0 aliphatic carbocycles. The minimum Gasteiger partial charge on any atom is -0.331 e. The molecule has 0 aliphatic heterocycles. The first-order valence-electron chi connectivity index (χ1n) is 5.83. The van der Waals surface area contributed by atoms with Crippen molar-refractivity contribution in [1.82, 2.24) is 9.55 Å². The van der Waals surface area contributed by atoms with E-state index in [0.717, 1.165) is 12.8 Å². The molecule has 0 radical (unpaired) electrons. The van der Waals surface area contributed by atoms with Gasteiger partial charge in [-0.2, -0.15) is 0 Å². The minimum absolute atomic E-state index is 0.0181. The average Bonchev–Trinajstić information content (AvgIpc) is 2.75. The molecule has 1 aromatic carbocycles. The van der Waals surface area contributed by atoms with Gasteiger partial charge in [0.15, 0.2) is 5.82 Å². The van der Waals surface area contributed by atoms with Gasteiger partial charge >= 0.3 is 0 Å². The second-order valence-electron chi connectivity index (χ2n) is 4.14. The van der Waals surface area contributed by atoms with Crippen molar-refractivity contribution < 1.29 is 4.79 Å². The summed E-state index contributed by atoms with van der Waals surface area (Å²) in [5, 5.41) is 0. The molecule has 0 fully saturated rings. The molecule has 0 unspecified atom stereocenters. The Hall–Kier alpha value is -1.90. The number of hydrogen-bond donors (Lipinski definition) is 0. The number of carbonyl (C=O) groups is 1. The number of benzene rings is 1. The van der Waals surface area contributed by atoms with E-state index in [1.807, 2.05) is 25.2 Å². The molecule has 0 atom stereocenters. The fourth-order valence-electron chi connectivity index (χ4n) is 1.87. The monoisotopic (exact) mass is 228 g/mol. The second kappa shape index (κ2) is 4.95. The Kier molecular flexibility index (Phi) is 3.38. The van der Waals surface area contributed by atoms with Crippen molar-refractivity contribution >= 4 is 5.78 Å². The highest BCUT2D eigenvalue weighted by Gasteiger charge is 2.13. The lowest BCUT2D eigenvalue weighted by atomic mass is 10.0. The predicted octanol–water partition coefficient (Wildman–Crippen LogP) is 2.60. The Morgan fingerprint density at radius 3 is 2.88 bits per heavy atom. The molecule has 2 rings (SSSR count). The van der Waals surface area contributed by atoms with Crippen molar-refractivity contribution in [2.45, 2.75) is 19.8 Å². The van der Waals surface area contributed by atoms with Gasteiger partial charge in [-0.1, -0.05) is 31.5 Å². The van der Waals surface area contributed by atoms with E-state index in [9.17, 15) is 4.79 Å². The molecule has 1 heterocycles. The van der Waals surface area contributed by atoms with Crippen LogP contribution >= 0.6 is 0 Å². The fraction of sp³-hybridized carbons (Fsp3) is 0.286. The maximum atomic E-state index is 12.2. The van der Waals surface area contributed by atoms with Crippen LogP contribution in [-0.2, 0) is 13.5 Å². The zero-order valence-corrected chi connectivity index (χ0v) is 10.2. The average molecular weight is 228 g/mol. The molecule has 0 aliphatic rings. The van der Waals surface area contributed by atoms with Crippen molar-refractivity contribution in [3.05, 3.63) is 53.6 Å². The lowest BCUT2D eigenvalue weighted by Gasteiger charge is -2.04. The van der Waals surface area contributed by atoms with Crippen LogP contribution in [0.15, 0.2) is 36.7 Å². The van der Waals surface area contributed by atoms with Crippen molar-refractivity contribution in [3.8, 4) is 0 Å². The van der Waals surface area contributed by atoms with Crippen LogP contribution in [0.4, 0.5) is 0 Å². The SMILES string of the molecule is CCCc1cccc(C(=O)c2nccn2C)c1. The highest BCUT2D eigenvalue weighted by molar-refractivity contribution is 6.06. The smallest absolute Gasteiger partial charge is 0.228 e. The highest BCUT2D eigenvalue weighted by atomic mass is 16.1. The van der Waals surface area contributed by atoms with Gasteiger partial charge < -0.3 is 4.57 Å². The van der Waals surface area contributed by atoms with Crippen molar-refractivity contribution in [2.24, 2.45) is 7.05 Å². The Bertz CT molecular complexity index is 529. The van der Waals surface area contributed by atoms with E-state index in [4.69, 9.17) is 0 Å². The Balaban J connectivity index is 2.31. The van der Waals surface area contributed by atoms with Gasteiger partial charge in [-0.15, -0.1) is 0 Å². The van der Waals surface area contributed by atoms with Crippen molar-refractivity contribution in [1.29, 1.82) is 0 Å². The predicted molar refractivity (Wildman–Crippen MR) is 67.1 cm³/mol. The summed E-state index contributed by atoms with van der Waals surface area (Å²) in [6.45, 7) is 2.13. The van der Waals surface area contributed by atoms with Gasteiger partial charge in [0.25, 0.3) is 0 Å². The summed E-state index contributed by atoms with van der Waals surface area (Å²) >= 11 is 0. The van der Waals surface area contributed by atoms with Crippen LogP contribution in [-0.4, -0.2) is 15.3 Å². The van der Waals surface area contributed by atoms with Crippen LogP contribution in [0.2, 0.25) is 0 Å². The molecular formula is C14H16N2O.